The Hall–Kier alpha value is -3.06. The zero-order valence-corrected chi connectivity index (χ0v) is 19.8. The molecular weight excluding hydrogens is 428 g/mol. The quantitative estimate of drug-likeness (QED) is 0.533. The molecule has 0 bridgehead atoms. The van der Waals surface area contributed by atoms with Crippen LogP contribution in [0.15, 0.2) is 53.1 Å². The predicted molar refractivity (Wildman–Crippen MR) is 125 cm³/mol. The topological polar surface area (TPSA) is 80.4 Å². The molecule has 170 valence electrons. The summed E-state index contributed by atoms with van der Waals surface area (Å²) >= 11 is 6.39. The maximum atomic E-state index is 13.0. The standard InChI is InChI=1S/C24H29ClN4O3/c1-16(2)14-28(23(31)19-11-8-12-32-19)15-22(30)26-21-13-20(24(3,4)5)27-29(21)18-10-7-6-9-17(18)25/h6-13,16H,14-15H2,1-5H3,(H,26,30). The lowest BCUT2D eigenvalue weighted by Gasteiger charge is -2.23. The first-order chi connectivity index (χ1) is 15.1. The number of benzene rings is 1. The van der Waals surface area contributed by atoms with E-state index in [2.05, 4.69) is 5.32 Å². The molecule has 2 heterocycles. The van der Waals surface area contributed by atoms with E-state index in [1.54, 1.807) is 22.9 Å². The number of carbonyl (C=O) groups is 2. The minimum atomic E-state index is -0.334. The Kier molecular flexibility index (Phi) is 7.09. The molecule has 0 aliphatic heterocycles. The third-order valence-electron chi connectivity index (χ3n) is 4.77. The third kappa shape index (κ3) is 5.59. The van der Waals surface area contributed by atoms with Gasteiger partial charge in [-0.3, -0.25) is 9.59 Å². The number of nitrogens with one attached hydrogen (secondary N) is 1. The van der Waals surface area contributed by atoms with Gasteiger partial charge in [0.25, 0.3) is 5.91 Å². The minimum Gasteiger partial charge on any atom is -0.459 e. The van der Waals surface area contributed by atoms with Crippen LogP contribution in [-0.4, -0.2) is 39.6 Å². The van der Waals surface area contributed by atoms with Crippen molar-refractivity contribution >= 4 is 29.2 Å². The Balaban J connectivity index is 1.88. The van der Waals surface area contributed by atoms with Gasteiger partial charge in [0.2, 0.25) is 5.91 Å². The summed E-state index contributed by atoms with van der Waals surface area (Å²) in [6.45, 7) is 10.4. The summed E-state index contributed by atoms with van der Waals surface area (Å²) in [5.41, 5.74) is 1.23. The molecule has 0 aliphatic rings. The average Bonchev–Trinajstić information content (AvgIpc) is 3.37. The fraction of sp³-hybridized carbons (Fsp3) is 0.375. The van der Waals surface area contributed by atoms with Crippen molar-refractivity contribution in [2.24, 2.45) is 5.92 Å². The van der Waals surface area contributed by atoms with Gasteiger partial charge in [-0.1, -0.05) is 58.4 Å². The summed E-state index contributed by atoms with van der Waals surface area (Å²) in [4.78, 5) is 27.3. The highest BCUT2D eigenvalue weighted by atomic mass is 35.5. The largest absolute Gasteiger partial charge is 0.459 e. The molecule has 3 aromatic rings. The normalized spacial score (nSPS) is 11.6. The fourth-order valence-electron chi connectivity index (χ4n) is 3.22. The van der Waals surface area contributed by atoms with Crippen molar-refractivity contribution in [1.82, 2.24) is 14.7 Å². The average molecular weight is 457 g/mol. The first-order valence-electron chi connectivity index (χ1n) is 10.5. The lowest BCUT2D eigenvalue weighted by molar-refractivity contribution is -0.117. The highest BCUT2D eigenvalue weighted by molar-refractivity contribution is 6.32. The first-order valence-corrected chi connectivity index (χ1v) is 10.9. The Labute approximate surface area is 193 Å². The first kappa shape index (κ1) is 23.6. The molecule has 2 aromatic heterocycles. The highest BCUT2D eigenvalue weighted by Gasteiger charge is 2.25. The molecule has 0 saturated heterocycles. The number of halogens is 1. The van der Waals surface area contributed by atoms with Gasteiger partial charge < -0.3 is 14.6 Å². The van der Waals surface area contributed by atoms with Crippen LogP contribution in [0.4, 0.5) is 5.82 Å². The van der Waals surface area contributed by atoms with Crippen molar-refractivity contribution in [3.05, 3.63) is 65.2 Å². The summed E-state index contributed by atoms with van der Waals surface area (Å²) in [6.07, 6.45) is 1.44. The summed E-state index contributed by atoms with van der Waals surface area (Å²) in [5, 5.41) is 8.12. The van der Waals surface area contributed by atoms with Crippen molar-refractivity contribution in [3.63, 3.8) is 0 Å². The Bertz CT molecular complexity index is 1080. The number of carbonyl (C=O) groups excluding carboxylic acids is 2. The van der Waals surface area contributed by atoms with Crippen molar-refractivity contribution in [1.29, 1.82) is 0 Å². The Morgan fingerprint density at radius 1 is 1.19 bits per heavy atom. The van der Waals surface area contributed by atoms with Gasteiger partial charge >= 0.3 is 0 Å². The van der Waals surface area contributed by atoms with Gasteiger partial charge in [-0.2, -0.15) is 5.10 Å². The second-order valence-corrected chi connectivity index (χ2v) is 9.54. The van der Waals surface area contributed by atoms with Crippen LogP contribution in [0.5, 0.6) is 0 Å². The zero-order valence-electron chi connectivity index (χ0n) is 19.1. The second-order valence-electron chi connectivity index (χ2n) is 9.13. The van der Waals surface area contributed by atoms with E-state index in [1.807, 2.05) is 58.9 Å². The number of anilines is 1. The van der Waals surface area contributed by atoms with E-state index in [0.717, 1.165) is 5.69 Å². The molecular formula is C24H29ClN4O3. The fourth-order valence-corrected chi connectivity index (χ4v) is 3.43. The van der Waals surface area contributed by atoms with Gasteiger partial charge in [0, 0.05) is 18.0 Å². The van der Waals surface area contributed by atoms with Crippen LogP contribution in [0.3, 0.4) is 0 Å². The maximum Gasteiger partial charge on any atom is 0.290 e. The molecule has 0 aliphatic carbocycles. The number of furan rings is 1. The van der Waals surface area contributed by atoms with Crippen LogP contribution < -0.4 is 5.32 Å². The van der Waals surface area contributed by atoms with E-state index in [4.69, 9.17) is 21.1 Å². The molecule has 0 fully saturated rings. The number of hydrogen-bond donors (Lipinski definition) is 1. The van der Waals surface area contributed by atoms with Crippen molar-refractivity contribution in [2.75, 3.05) is 18.4 Å². The zero-order chi connectivity index (χ0) is 23.5. The Morgan fingerprint density at radius 2 is 1.91 bits per heavy atom. The molecule has 8 heteroatoms. The molecule has 7 nitrogen and oxygen atoms in total. The van der Waals surface area contributed by atoms with E-state index in [9.17, 15) is 9.59 Å². The maximum absolute atomic E-state index is 13.0. The summed E-state index contributed by atoms with van der Waals surface area (Å²) in [5.74, 6) is 0.216. The van der Waals surface area contributed by atoms with Crippen molar-refractivity contribution in [2.45, 2.75) is 40.0 Å². The summed E-state index contributed by atoms with van der Waals surface area (Å²) in [7, 11) is 0. The number of nitrogens with zero attached hydrogens (tertiary/aromatic N) is 3. The van der Waals surface area contributed by atoms with Gasteiger partial charge in [0.05, 0.1) is 22.7 Å². The van der Waals surface area contributed by atoms with Crippen LogP contribution in [-0.2, 0) is 10.2 Å². The molecule has 1 N–H and O–H groups in total. The van der Waals surface area contributed by atoms with Gasteiger partial charge in [-0.25, -0.2) is 4.68 Å². The molecule has 1 aromatic carbocycles. The van der Waals surface area contributed by atoms with Crippen molar-refractivity contribution < 1.29 is 14.0 Å². The van der Waals surface area contributed by atoms with Crippen LogP contribution in [0.1, 0.15) is 50.9 Å². The van der Waals surface area contributed by atoms with Crippen LogP contribution >= 0.6 is 11.6 Å². The molecule has 0 spiro atoms. The van der Waals surface area contributed by atoms with E-state index in [-0.39, 0.29) is 35.5 Å². The molecule has 3 rings (SSSR count). The van der Waals surface area contributed by atoms with Gasteiger partial charge in [0.1, 0.15) is 12.4 Å². The number of amides is 2. The van der Waals surface area contributed by atoms with E-state index < -0.39 is 0 Å². The second kappa shape index (κ2) is 9.61. The van der Waals surface area contributed by atoms with E-state index in [0.29, 0.717) is 23.1 Å². The van der Waals surface area contributed by atoms with Crippen molar-refractivity contribution in [3.8, 4) is 5.69 Å². The van der Waals surface area contributed by atoms with E-state index in [1.165, 1.54) is 11.2 Å². The molecule has 0 atom stereocenters. The van der Waals surface area contributed by atoms with Gasteiger partial charge in [0.15, 0.2) is 5.76 Å². The number of rotatable bonds is 7. The number of para-hydroxylation sites is 1. The molecule has 0 radical (unpaired) electrons. The SMILES string of the molecule is CC(C)CN(CC(=O)Nc1cc(C(C)(C)C)nn1-c1ccccc1Cl)C(=O)c1ccco1. The van der Waals surface area contributed by atoms with Crippen LogP contribution in [0, 0.1) is 5.92 Å². The molecule has 0 saturated carbocycles. The summed E-state index contributed by atoms with van der Waals surface area (Å²) < 4.78 is 6.86. The monoisotopic (exact) mass is 456 g/mol. The highest BCUT2D eigenvalue weighted by Crippen LogP contribution is 2.29. The molecule has 2 amide bonds. The molecule has 32 heavy (non-hydrogen) atoms. The van der Waals surface area contributed by atoms with Gasteiger partial charge in [-0.15, -0.1) is 0 Å². The smallest absolute Gasteiger partial charge is 0.290 e. The van der Waals surface area contributed by atoms with Gasteiger partial charge in [-0.05, 0) is 30.2 Å². The Morgan fingerprint density at radius 3 is 2.50 bits per heavy atom. The lowest BCUT2D eigenvalue weighted by Crippen LogP contribution is -2.40. The lowest BCUT2D eigenvalue weighted by atomic mass is 9.92. The van der Waals surface area contributed by atoms with Crippen LogP contribution in [0.25, 0.3) is 5.69 Å². The minimum absolute atomic E-state index is 0.115. The van der Waals surface area contributed by atoms with E-state index >= 15 is 0 Å². The number of hydrogen-bond acceptors (Lipinski definition) is 4. The predicted octanol–water partition coefficient (Wildman–Crippen LogP) is 5.15. The third-order valence-corrected chi connectivity index (χ3v) is 5.08. The van der Waals surface area contributed by atoms with Crippen LogP contribution in [0.2, 0.25) is 5.02 Å². The summed E-state index contributed by atoms with van der Waals surface area (Å²) in [6, 6.07) is 12.4. The number of aromatic nitrogens is 2. The molecule has 0 unspecified atom stereocenters.